The van der Waals surface area contributed by atoms with E-state index in [-0.39, 0.29) is 23.6 Å². The molecule has 0 heterocycles. The predicted octanol–water partition coefficient (Wildman–Crippen LogP) is 0.599. The zero-order chi connectivity index (χ0) is 15.6. The van der Waals surface area contributed by atoms with Crippen LogP contribution in [0.3, 0.4) is 0 Å². The molecule has 1 aromatic rings. The number of nitrogens with one attached hydrogen (secondary N) is 1. The molecule has 0 unspecified atom stereocenters. The maximum atomic E-state index is 12.2. The van der Waals surface area contributed by atoms with Gasteiger partial charge in [-0.1, -0.05) is 0 Å². The van der Waals surface area contributed by atoms with Gasteiger partial charge in [-0.15, -0.1) is 0 Å². The summed E-state index contributed by atoms with van der Waals surface area (Å²) in [5, 5.41) is 0. The molecule has 1 aromatic carbocycles. The second kappa shape index (κ2) is 6.11. The molecule has 8 heteroatoms. The van der Waals surface area contributed by atoms with Crippen molar-refractivity contribution in [3.8, 4) is 0 Å². The van der Waals surface area contributed by atoms with Crippen LogP contribution in [-0.4, -0.2) is 35.4 Å². The highest BCUT2D eigenvalue weighted by molar-refractivity contribution is 7.90. The van der Waals surface area contributed by atoms with Crippen molar-refractivity contribution in [3.05, 3.63) is 23.3 Å². The molecule has 3 N–H and O–H groups in total. The largest absolute Gasteiger partial charge is 0.399 e. The molecule has 0 aliphatic rings. The van der Waals surface area contributed by atoms with Crippen molar-refractivity contribution >= 4 is 25.5 Å². The van der Waals surface area contributed by atoms with Crippen LogP contribution in [0.4, 0.5) is 5.69 Å². The van der Waals surface area contributed by atoms with Crippen LogP contribution in [0.15, 0.2) is 17.0 Å². The van der Waals surface area contributed by atoms with Crippen molar-refractivity contribution < 1.29 is 16.8 Å². The van der Waals surface area contributed by atoms with E-state index in [2.05, 4.69) is 4.72 Å². The third-order valence-electron chi connectivity index (χ3n) is 2.92. The Morgan fingerprint density at radius 1 is 1.15 bits per heavy atom. The molecule has 0 saturated heterocycles. The Bertz CT molecular complexity index is 694. The summed E-state index contributed by atoms with van der Waals surface area (Å²) in [6.45, 7) is 3.57. The molecule has 20 heavy (non-hydrogen) atoms. The van der Waals surface area contributed by atoms with Crippen LogP contribution in [0.2, 0.25) is 0 Å². The van der Waals surface area contributed by atoms with Crippen LogP contribution in [0, 0.1) is 13.8 Å². The second-order valence-corrected chi connectivity index (χ2v) is 8.84. The van der Waals surface area contributed by atoms with Gasteiger partial charge in [0.25, 0.3) is 0 Å². The summed E-state index contributed by atoms with van der Waals surface area (Å²) in [4.78, 5) is 0.134. The molecule has 0 aromatic heterocycles. The average Bonchev–Trinajstić information content (AvgIpc) is 2.28. The molecule has 114 valence electrons. The summed E-state index contributed by atoms with van der Waals surface area (Å²) in [6.07, 6.45) is 1.35. The van der Waals surface area contributed by atoms with E-state index in [1.807, 2.05) is 0 Å². The van der Waals surface area contributed by atoms with Crippen molar-refractivity contribution in [3.63, 3.8) is 0 Å². The van der Waals surface area contributed by atoms with Crippen molar-refractivity contribution in [1.82, 2.24) is 4.72 Å². The van der Waals surface area contributed by atoms with E-state index < -0.39 is 19.9 Å². The number of benzene rings is 1. The summed E-state index contributed by atoms with van der Waals surface area (Å²) in [7, 11) is -6.76. The van der Waals surface area contributed by atoms with Gasteiger partial charge in [0.1, 0.15) is 9.84 Å². The summed E-state index contributed by atoms with van der Waals surface area (Å²) >= 11 is 0. The number of hydrogen-bond acceptors (Lipinski definition) is 5. The fourth-order valence-electron chi connectivity index (χ4n) is 1.75. The third kappa shape index (κ3) is 4.77. The smallest absolute Gasteiger partial charge is 0.240 e. The van der Waals surface area contributed by atoms with E-state index in [4.69, 9.17) is 5.73 Å². The van der Waals surface area contributed by atoms with Gasteiger partial charge in [-0.05, 0) is 43.5 Å². The molecule has 6 nitrogen and oxygen atoms in total. The lowest BCUT2D eigenvalue weighted by Gasteiger charge is -2.12. The minimum Gasteiger partial charge on any atom is -0.399 e. The molecule has 0 aliphatic heterocycles. The molecular formula is C12H20N2O4S2. The predicted molar refractivity (Wildman–Crippen MR) is 79.8 cm³/mol. The Morgan fingerprint density at radius 2 is 1.75 bits per heavy atom. The first-order valence-corrected chi connectivity index (χ1v) is 9.61. The van der Waals surface area contributed by atoms with Crippen LogP contribution >= 0.6 is 0 Å². The zero-order valence-electron chi connectivity index (χ0n) is 11.8. The highest BCUT2D eigenvalue weighted by Gasteiger charge is 2.18. The second-order valence-electron chi connectivity index (χ2n) is 4.84. The number of anilines is 1. The van der Waals surface area contributed by atoms with Gasteiger partial charge in [0.2, 0.25) is 10.0 Å². The standard InChI is InChI=1S/C12H20N2O4S2/c1-9-7-11(13)8-12(10(9)2)20(17,18)14-5-4-6-19(3,15)16/h7-8,14H,4-6,13H2,1-3H3. The van der Waals surface area contributed by atoms with Crippen LogP contribution in [0.1, 0.15) is 17.5 Å². The quantitative estimate of drug-likeness (QED) is 0.589. The lowest BCUT2D eigenvalue weighted by atomic mass is 10.1. The Kier molecular flexibility index (Phi) is 5.17. The van der Waals surface area contributed by atoms with Gasteiger partial charge in [0, 0.05) is 18.5 Å². The first-order valence-electron chi connectivity index (χ1n) is 6.07. The topological polar surface area (TPSA) is 106 Å². The van der Waals surface area contributed by atoms with E-state index in [1.165, 1.54) is 6.07 Å². The number of sulfone groups is 1. The van der Waals surface area contributed by atoms with E-state index in [9.17, 15) is 16.8 Å². The lowest BCUT2D eigenvalue weighted by Crippen LogP contribution is -2.27. The SMILES string of the molecule is Cc1cc(N)cc(S(=O)(=O)NCCCS(C)(=O)=O)c1C. The van der Waals surface area contributed by atoms with E-state index in [0.717, 1.165) is 11.8 Å². The Hall–Kier alpha value is -1.12. The molecule has 0 spiro atoms. The fraction of sp³-hybridized carbons (Fsp3) is 0.500. The molecular weight excluding hydrogens is 300 g/mol. The first kappa shape index (κ1) is 16.9. The van der Waals surface area contributed by atoms with Crippen molar-refractivity contribution in [1.29, 1.82) is 0 Å². The number of sulfonamides is 1. The maximum absolute atomic E-state index is 12.2. The number of aryl methyl sites for hydroxylation is 1. The number of nitrogens with two attached hydrogens (primary N) is 1. The Balaban J connectivity index is 2.85. The molecule has 1 rings (SSSR count). The molecule has 0 aliphatic carbocycles. The van der Waals surface area contributed by atoms with Crippen molar-refractivity contribution in [2.75, 3.05) is 24.3 Å². The van der Waals surface area contributed by atoms with Crippen molar-refractivity contribution in [2.24, 2.45) is 0 Å². The minimum atomic E-state index is -3.68. The van der Waals surface area contributed by atoms with Gasteiger partial charge in [0.15, 0.2) is 0 Å². The average molecular weight is 320 g/mol. The summed E-state index contributed by atoms with van der Waals surface area (Å²) in [6, 6.07) is 3.11. The van der Waals surface area contributed by atoms with E-state index >= 15 is 0 Å². The van der Waals surface area contributed by atoms with Crippen LogP contribution in [-0.2, 0) is 19.9 Å². The monoisotopic (exact) mass is 320 g/mol. The van der Waals surface area contributed by atoms with Crippen LogP contribution in [0.5, 0.6) is 0 Å². The zero-order valence-corrected chi connectivity index (χ0v) is 13.4. The molecule has 0 fully saturated rings. The third-order valence-corrected chi connectivity index (χ3v) is 5.53. The number of rotatable bonds is 6. The van der Waals surface area contributed by atoms with Crippen molar-refractivity contribution in [2.45, 2.75) is 25.2 Å². The minimum absolute atomic E-state index is 0.0511. The van der Waals surface area contributed by atoms with Gasteiger partial charge in [-0.25, -0.2) is 21.6 Å². The summed E-state index contributed by atoms with van der Waals surface area (Å²) in [5.74, 6) is -0.0511. The summed E-state index contributed by atoms with van der Waals surface area (Å²) < 4.78 is 48.7. The molecule has 0 atom stereocenters. The maximum Gasteiger partial charge on any atom is 0.240 e. The number of nitrogen functional groups attached to an aromatic ring is 1. The Labute approximate surface area is 120 Å². The van der Waals surface area contributed by atoms with E-state index in [1.54, 1.807) is 19.9 Å². The molecule has 0 bridgehead atoms. The summed E-state index contributed by atoms with van der Waals surface area (Å²) in [5.41, 5.74) is 7.47. The first-order chi connectivity index (χ1) is 9.03. The van der Waals surface area contributed by atoms with Crippen LogP contribution in [0.25, 0.3) is 0 Å². The molecule has 0 saturated carbocycles. The lowest BCUT2D eigenvalue weighted by molar-refractivity contribution is 0.577. The highest BCUT2D eigenvalue weighted by atomic mass is 32.2. The van der Waals surface area contributed by atoms with Gasteiger partial charge < -0.3 is 5.73 Å². The normalized spacial score (nSPS) is 12.6. The van der Waals surface area contributed by atoms with Crippen LogP contribution < -0.4 is 10.5 Å². The fourth-order valence-corrected chi connectivity index (χ4v) is 3.84. The molecule has 0 amide bonds. The van der Waals surface area contributed by atoms with Gasteiger partial charge in [-0.3, -0.25) is 0 Å². The van der Waals surface area contributed by atoms with Gasteiger partial charge in [0.05, 0.1) is 10.6 Å². The Morgan fingerprint density at radius 3 is 2.30 bits per heavy atom. The number of hydrogen-bond donors (Lipinski definition) is 2. The van der Waals surface area contributed by atoms with Gasteiger partial charge >= 0.3 is 0 Å². The molecule has 0 radical (unpaired) electrons. The van der Waals surface area contributed by atoms with Gasteiger partial charge in [-0.2, -0.15) is 0 Å². The van der Waals surface area contributed by atoms with E-state index in [0.29, 0.717) is 11.3 Å². The highest BCUT2D eigenvalue weighted by Crippen LogP contribution is 2.22.